The molecule has 10 heteroatoms. The molecule has 0 aliphatic heterocycles. The molecule has 0 saturated carbocycles. The Hall–Kier alpha value is -3.79. The smallest absolute Gasteiger partial charge is 0.253 e. The largest absolute Gasteiger partial charge is 0.352 e. The molecule has 0 fully saturated rings. The second kappa shape index (κ2) is 9.60. The van der Waals surface area contributed by atoms with E-state index < -0.39 is 10.0 Å². The fraction of sp³-hybridized carbons (Fsp3) is 0.208. The maximum atomic E-state index is 13.3. The lowest BCUT2D eigenvalue weighted by molar-refractivity contribution is 0.0955. The van der Waals surface area contributed by atoms with Crippen LogP contribution in [0.4, 0.5) is 10.1 Å². The third-order valence-electron chi connectivity index (χ3n) is 5.41. The number of fused-ring (bicyclic) bond motifs is 1. The first-order chi connectivity index (χ1) is 16.3. The number of pyridine rings is 1. The minimum atomic E-state index is -3.32. The molecule has 0 unspecified atom stereocenters. The van der Waals surface area contributed by atoms with Gasteiger partial charge in [-0.15, -0.1) is 0 Å². The fourth-order valence-electron chi connectivity index (χ4n) is 3.53. The summed E-state index contributed by atoms with van der Waals surface area (Å²) < 4.78 is 40.9. The Morgan fingerprint density at radius 2 is 1.76 bits per heavy atom. The second-order valence-corrected chi connectivity index (χ2v) is 9.75. The lowest BCUT2D eigenvalue weighted by atomic mass is 10.1. The van der Waals surface area contributed by atoms with Gasteiger partial charge in [-0.1, -0.05) is 12.1 Å². The standard InChI is InChI=1S/C24H24FN5O3S/c1-3-34(32,33)29-19-10-4-16(5-11-19)12-14-27-24(31)20-13-15-26-23-21(20)28-22(30(23)2)17-6-8-18(25)9-7-17/h4-11,13,15,29H,3,12,14H2,1-2H3,(H,27,31). The predicted molar refractivity (Wildman–Crippen MR) is 129 cm³/mol. The van der Waals surface area contributed by atoms with Crippen LogP contribution in [0.15, 0.2) is 60.8 Å². The van der Waals surface area contributed by atoms with Crippen LogP contribution in [-0.4, -0.2) is 41.2 Å². The molecule has 176 valence electrons. The van der Waals surface area contributed by atoms with Crippen molar-refractivity contribution >= 4 is 32.8 Å². The van der Waals surface area contributed by atoms with Crippen LogP contribution in [0, 0.1) is 5.82 Å². The van der Waals surface area contributed by atoms with E-state index in [0.717, 1.165) is 11.1 Å². The number of halogens is 1. The third-order valence-corrected chi connectivity index (χ3v) is 6.72. The number of nitrogens with one attached hydrogen (secondary N) is 2. The van der Waals surface area contributed by atoms with Crippen LogP contribution >= 0.6 is 0 Å². The number of nitrogens with zero attached hydrogens (tertiary/aromatic N) is 3. The van der Waals surface area contributed by atoms with Crippen LogP contribution in [0.1, 0.15) is 22.8 Å². The van der Waals surface area contributed by atoms with Crippen molar-refractivity contribution in [2.45, 2.75) is 13.3 Å². The molecule has 2 aromatic carbocycles. The minimum Gasteiger partial charge on any atom is -0.352 e. The maximum absolute atomic E-state index is 13.3. The van der Waals surface area contributed by atoms with E-state index in [1.54, 1.807) is 55.1 Å². The van der Waals surface area contributed by atoms with Crippen LogP contribution in [0.3, 0.4) is 0 Å². The molecule has 2 aromatic heterocycles. The zero-order valence-electron chi connectivity index (χ0n) is 18.7. The van der Waals surface area contributed by atoms with E-state index in [1.807, 2.05) is 12.1 Å². The van der Waals surface area contributed by atoms with E-state index in [2.05, 4.69) is 20.0 Å². The highest BCUT2D eigenvalue weighted by molar-refractivity contribution is 7.92. The van der Waals surface area contributed by atoms with E-state index in [4.69, 9.17) is 0 Å². The molecule has 0 bridgehead atoms. The van der Waals surface area contributed by atoms with Crippen molar-refractivity contribution in [2.24, 2.45) is 7.05 Å². The van der Waals surface area contributed by atoms with E-state index >= 15 is 0 Å². The van der Waals surface area contributed by atoms with Gasteiger partial charge in [-0.2, -0.15) is 0 Å². The highest BCUT2D eigenvalue weighted by atomic mass is 32.2. The number of hydrogen-bond acceptors (Lipinski definition) is 5. The molecule has 2 N–H and O–H groups in total. The highest BCUT2D eigenvalue weighted by Gasteiger charge is 2.18. The number of amides is 1. The first kappa shape index (κ1) is 23.4. The molecule has 1 amide bonds. The molecular weight excluding hydrogens is 457 g/mol. The average Bonchev–Trinajstić information content (AvgIpc) is 3.17. The van der Waals surface area contributed by atoms with Crippen molar-refractivity contribution in [1.82, 2.24) is 19.9 Å². The summed E-state index contributed by atoms with van der Waals surface area (Å²) in [5, 5.41) is 2.90. The molecule has 8 nitrogen and oxygen atoms in total. The van der Waals surface area contributed by atoms with E-state index in [0.29, 0.717) is 41.2 Å². The summed E-state index contributed by atoms with van der Waals surface area (Å²) in [7, 11) is -1.52. The topological polar surface area (TPSA) is 106 Å². The van der Waals surface area contributed by atoms with Gasteiger partial charge in [0.2, 0.25) is 10.0 Å². The van der Waals surface area contributed by atoms with Gasteiger partial charge in [0.25, 0.3) is 5.91 Å². The zero-order valence-corrected chi connectivity index (χ0v) is 19.6. The van der Waals surface area contributed by atoms with Gasteiger partial charge in [-0.25, -0.2) is 22.8 Å². The first-order valence-electron chi connectivity index (χ1n) is 10.7. The summed E-state index contributed by atoms with van der Waals surface area (Å²) in [4.78, 5) is 21.8. The molecule has 0 saturated heterocycles. The van der Waals surface area contributed by atoms with Crippen LogP contribution in [0.2, 0.25) is 0 Å². The monoisotopic (exact) mass is 481 g/mol. The Labute approximate surface area is 196 Å². The normalized spacial score (nSPS) is 11.5. The minimum absolute atomic E-state index is 0.00468. The van der Waals surface area contributed by atoms with Crippen LogP contribution in [0.25, 0.3) is 22.6 Å². The Morgan fingerprint density at radius 3 is 2.44 bits per heavy atom. The Kier molecular flexibility index (Phi) is 6.60. The number of benzene rings is 2. The number of carbonyl (C=O) groups excluding carboxylic acids is 1. The number of aryl methyl sites for hydroxylation is 1. The van der Waals surface area contributed by atoms with Crippen molar-refractivity contribution in [3.05, 3.63) is 77.7 Å². The highest BCUT2D eigenvalue weighted by Crippen LogP contribution is 2.24. The van der Waals surface area contributed by atoms with Crippen molar-refractivity contribution in [3.63, 3.8) is 0 Å². The molecular formula is C24H24FN5O3S. The summed E-state index contributed by atoms with van der Waals surface area (Å²) >= 11 is 0. The number of hydrogen-bond donors (Lipinski definition) is 2. The molecule has 0 spiro atoms. The summed E-state index contributed by atoms with van der Waals surface area (Å²) in [5.74, 6) is -0.0207. The molecule has 4 aromatic rings. The number of aromatic nitrogens is 3. The average molecular weight is 482 g/mol. The molecule has 0 aliphatic carbocycles. The van der Waals surface area contributed by atoms with E-state index in [1.165, 1.54) is 12.1 Å². The summed E-state index contributed by atoms with van der Waals surface area (Å²) in [5.41, 5.74) is 3.60. The summed E-state index contributed by atoms with van der Waals surface area (Å²) in [6.45, 7) is 1.96. The Morgan fingerprint density at radius 1 is 1.06 bits per heavy atom. The van der Waals surface area contributed by atoms with E-state index in [-0.39, 0.29) is 17.5 Å². The second-order valence-electron chi connectivity index (χ2n) is 7.74. The van der Waals surface area contributed by atoms with Crippen LogP contribution in [0.5, 0.6) is 0 Å². The third kappa shape index (κ3) is 5.07. The van der Waals surface area contributed by atoms with Gasteiger partial charge < -0.3 is 9.88 Å². The van der Waals surface area contributed by atoms with E-state index in [9.17, 15) is 17.6 Å². The number of rotatable bonds is 8. The molecule has 2 heterocycles. The SMILES string of the molecule is CCS(=O)(=O)Nc1ccc(CCNC(=O)c2ccnc3c2nc(-c2ccc(F)cc2)n3C)cc1. The van der Waals surface area contributed by atoms with Gasteiger partial charge in [0, 0.05) is 31.0 Å². The van der Waals surface area contributed by atoms with Gasteiger partial charge in [0.05, 0.1) is 11.3 Å². The lowest BCUT2D eigenvalue weighted by Crippen LogP contribution is -2.26. The number of imidazole rings is 1. The van der Waals surface area contributed by atoms with Crippen molar-refractivity contribution in [1.29, 1.82) is 0 Å². The van der Waals surface area contributed by atoms with Crippen molar-refractivity contribution < 1.29 is 17.6 Å². The Bertz CT molecular complexity index is 1430. The molecule has 0 aliphatic rings. The van der Waals surface area contributed by atoms with Gasteiger partial charge >= 0.3 is 0 Å². The van der Waals surface area contributed by atoms with Gasteiger partial charge in [-0.3, -0.25) is 9.52 Å². The zero-order chi connectivity index (χ0) is 24.3. The molecule has 0 atom stereocenters. The van der Waals surface area contributed by atoms with Crippen molar-refractivity contribution in [2.75, 3.05) is 17.0 Å². The molecule has 34 heavy (non-hydrogen) atoms. The van der Waals surface area contributed by atoms with Gasteiger partial charge in [-0.05, 0) is 61.4 Å². The summed E-state index contributed by atoms with van der Waals surface area (Å²) in [6, 6.07) is 14.6. The Balaban J connectivity index is 1.45. The van der Waals surface area contributed by atoms with Crippen LogP contribution in [-0.2, 0) is 23.5 Å². The maximum Gasteiger partial charge on any atom is 0.253 e. The predicted octanol–water partition coefficient (Wildman–Crippen LogP) is 3.51. The van der Waals surface area contributed by atoms with Crippen molar-refractivity contribution in [3.8, 4) is 11.4 Å². The lowest BCUT2D eigenvalue weighted by Gasteiger charge is -2.08. The number of anilines is 1. The summed E-state index contributed by atoms with van der Waals surface area (Å²) in [6.07, 6.45) is 2.13. The first-order valence-corrected chi connectivity index (χ1v) is 12.4. The number of sulfonamides is 1. The fourth-order valence-corrected chi connectivity index (χ4v) is 4.17. The van der Waals surface area contributed by atoms with Gasteiger partial charge in [0.1, 0.15) is 17.2 Å². The van der Waals surface area contributed by atoms with Gasteiger partial charge in [0.15, 0.2) is 5.65 Å². The molecule has 0 radical (unpaired) electrons. The number of carbonyl (C=O) groups is 1. The quantitative estimate of drug-likeness (QED) is 0.401. The molecule has 4 rings (SSSR count). The van der Waals surface area contributed by atoms with Crippen LogP contribution < -0.4 is 10.0 Å².